The lowest BCUT2D eigenvalue weighted by Gasteiger charge is -2.16. The summed E-state index contributed by atoms with van der Waals surface area (Å²) < 4.78 is 18.6. The number of ketones is 1. The number of unbranched alkanes of at least 4 members (excludes halogenated alkanes) is 1. The van der Waals surface area contributed by atoms with Gasteiger partial charge in [-0.2, -0.15) is 0 Å². The number of aliphatic carboxylic acids is 1. The summed E-state index contributed by atoms with van der Waals surface area (Å²) in [5, 5.41) is 12.7. The van der Waals surface area contributed by atoms with E-state index in [4.69, 9.17) is 13.9 Å². The van der Waals surface area contributed by atoms with Gasteiger partial charge < -0.3 is 24.3 Å². The van der Waals surface area contributed by atoms with Crippen LogP contribution in [0.25, 0.3) is 11.0 Å². The maximum atomic E-state index is 14.3. The van der Waals surface area contributed by atoms with Gasteiger partial charge in [-0.05, 0) is 112 Å². The number of benzene rings is 3. The Hall–Kier alpha value is -3.13. The van der Waals surface area contributed by atoms with Gasteiger partial charge in [0.05, 0.1) is 21.8 Å². The quantitative estimate of drug-likeness (QED) is 0.113. The zero-order valence-electron chi connectivity index (χ0n) is 22.8. The number of halogens is 2. The van der Waals surface area contributed by atoms with Gasteiger partial charge in [-0.25, -0.2) is 4.79 Å². The highest BCUT2D eigenvalue weighted by atomic mass is 127. The Balaban J connectivity index is 1.81. The predicted molar refractivity (Wildman–Crippen MR) is 174 cm³/mol. The summed E-state index contributed by atoms with van der Waals surface area (Å²) in [4.78, 5) is 38.6. The first-order valence-corrected chi connectivity index (χ1v) is 15.2. The second kappa shape index (κ2) is 13.7. The molecule has 0 aliphatic heterocycles. The molecule has 2 N–H and O–H groups in total. The van der Waals surface area contributed by atoms with Crippen molar-refractivity contribution in [1.82, 2.24) is 0 Å². The van der Waals surface area contributed by atoms with Crippen molar-refractivity contribution >= 4 is 79.5 Å². The van der Waals surface area contributed by atoms with Crippen LogP contribution in [-0.4, -0.2) is 36.5 Å². The molecule has 4 rings (SSSR count). The Labute approximate surface area is 265 Å². The van der Waals surface area contributed by atoms with E-state index in [1.165, 1.54) is 0 Å². The van der Waals surface area contributed by atoms with E-state index in [9.17, 15) is 19.5 Å². The van der Waals surface area contributed by atoms with Crippen molar-refractivity contribution in [1.29, 1.82) is 0 Å². The summed E-state index contributed by atoms with van der Waals surface area (Å²) in [5.41, 5.74) is 3.11. The number of carboxylic acid groups (broad SMARTS) is 1. The average molecular weight is 781 g/mol. The maximum absolute atomic E-state index is 14.3. The summed E-state index contributed by atoms with van der Waals surface area (Å²) >= 11 is 4.31. The topological polar surface area (TPSA) is 115 Å². The SMILES string of the molecule is CCCCc1oc2ccc(NC(=O)c3ccc(OC)cc3)cc2c1C(=O)c1cc(I)c(CC)c(I)c1OCC(=O)O. The predicted octanol–water partition coefficient (Wildman–Crippen LogP) is 7.50. The highest BCUT2D eigenvalue weighted by molar-refractivity contribution is 14.1. The second-order valence-electron chi connectivity index (χ2n) is 9.29. The zero-order valence-corrected chi connectivity index (χ0v) is 27.1. The lowest BCUT2D eigenvalue weighted by molar-refractivity contribution is -0.139. The van der Waals surface area contributed by atoms with Crippen molar-refractivity contribution < 1.29 is 33.4 Å². The molecular weight excluding hydrogens is 752 g/mol. The monoisotopic (exact) mass is 781 g/mol. The third-order valence-electron chi connectivity index (χ3n) is 6.56. The van der Waals surface area contributed by atoms with Gasteiger partial charge in [0.25, 0.3) is 5.91 Å². The molecular formula is C31H29I2NO7. The minimum Gasteiger partial charge on any atom is -0.497 e. The van der Waals surface area contributed by atoms with Crippen LogP contribution in [0.2, 0.25) is 0 Å². The molecule has 0 radical (unpaired) electrons. The van der Waals surface area contributed by atoms with E-state index in [1.807, 2.05) is 6.92 Å². The van der Waals surface area contributed by atoms with E-state index in [1.54, 1.807) is 55.6 Å². The number of rotatable bonds is 12. The molecule has 3 aromatic carbocycles. The van der Waals surface area contributed by atoms with Crippen LogP contribution in [0, 0.1) is 7.14 Å². The van der Waals surface area contributed by atoms with Crippen LogP contribution in [0.15, 0.2) is 52.9 Å². The van der Waals surface area contributed by atoms with Gasteiger partial charge in [-0.3, -0.25) is 9.59 Å². The normalized spacial score (nSPS) is 11.0. The van der Waals surface area contributed by atoms with Crippen LogP contribution in [0.5, 0.6) is 11.5 Å². The Kier molecular flexibility index (Phi) is 10.3. The zero-order chi connectivity index (χ0) is 29.7. The molecule has 214 valence electrons. The van der Waals surface area contributed by atoms with E-state index >= 15 is 0 Å². The highest BCUT2D eigenvalue weighted by Gasteiger charge is 2.28. The molecule has 0 unspecified atom stereocenters. The van der Waals surface area contributed by atoms with Gasteiger partial charge in [-0.1, -0.05) is 20.3 Å². The van der Waals surface area contributed by atoms with E-state index in [2.05, 4.69) is 57.4 Å². The summed E-state index contributed by atoms with van der Waals surface area (Å²) in [6.45, 7) is 3.48. The number of methoxy groups -OCH3 is 1. The maximum Gasteiger partial charge on any atom is 0.341 e. The molecule has 0 atom stereocenters. The number of furan rings is 1. The van der Waals surface area contributed by atoms with Crippen molar-refractivity contribution in [3.63, 3.8) is 0 Å². The fourth-order valence-corrected chi connectivity index (χ4v) is 7.07. The average Bonchev–Trinajstić information content (AvgIpc) is 3.32. The lowest BCUT2D eigenvalue weighted by atomic mass is 9.96. The molecule has 41 heavy (non-hydrogen) atoms. The van der Waals surface area contributed by atoms with Gasteiger partial charge in [0.1, 0.15) is 22.8 Å². The Morgan fingerprint density at radius 2 is 1.76 bits per heavy atom. The molecule has 8 nitrogen and oxygen atoms in total. The first-order valence-electron chi connectivity index (χ1n) is 13.1. The highest BCUT2D eigenvalue weighted by Crippen LogP contribution is 2.38. The van der Waals surface area contributed by atoms with Crippen molar-refractivity contribution in [2.75, 3.05) is 19.0 Å². The molecule has 1 aromatic heterocycles. The van der Waals surface area contributed by atoms with E-state index in [0.717, 1.165) is 22.0 Å². The molecule has 0 saturated heterocycles. The largest absolute Gasteiger partial charge is 0.497 e. The summed E-state index contributed by atoms with van der Waals surface area (Å²) in [6.07, 6.45) is 2.96. The number of ether oxygens (including phenoxy) is 2. The number of amides is 1. The Morgan fingerprint density at radius 1 is 1.02 bits per heavy atom. The van der Waals surface area contributed by atoms with Crippen LogP contribution < -0.4 is 14.8 Å². The van der Waals surface area contributed by atoms with Crippen molar-refractivity contribution in [3.05, 3.63) is 83.7 Å². The van der Waals surface area contributed by atoms with Crippen molar-refractivity contribution in [2.24, 2.45) is 0 Å². The van der Waals surface area contributed by atoms with Crippen molar-refractivity contribution in [3.8, 4) is 11.5 Å². The lowest BCUT2D eigenvalue weighted by Crippen LogP contribution is -2.15. The summed E-state index contributed by atoms with van der Waals surface area (Å²) in [6, 6.07) is 13.7. The van der Waals surface area contributed by atoms with Crippen LogP contribution in [0.1, 0.15) is 64.3 Å². The summed E-state index contributed by atoms with van der Waals surface area (Å²) in [5.74, 6) is -0.336. The number of carbonyl (C=O) groups excluding carboxylic acids is 2. The number of hydrogen-bond donors (Lipinski definition) is 2. The minimum atomic E-state index is -1.13. The van der Waals surface area contributed by atoms with Gasteiger partial charge in [0.15, 0.2) is 6.61 Å². The number of aryl methyl sites for hydroxylation is 1. The first-order chi connectivity index (χ1) is 19.7. The summed E-state index contributed by atoms with van der Waals surface area (Å²) in [7, 11) is 1.56. The van der Waals surface area contributed by atoms with Crippen molar-refractivity contribution in [2.45, 2.75) is 39.5 Å². The number of hydrogen-bond acceptors (Lipinski definition) is 6. The number of carbonyl (C=O) groups is 3. The number of nitrogens with one attached hydrogen (secondary N) is 1. The Bertz CT molecular complexity index is 1610. The van der Waals surface area contributed by atoms with E-state index < -0.39 is 12.6 Å². The van der Waals surface area contributed by atoms with Crippen LogP contribution in [0.3, 0.4) is 0 Å². The van der Waals surface area contributed by atoms with Crippen LogP contribution in [0.4, 0.5) is 5.69 Å². The fourth-order valence-electron chi connectivity index (χ4n) is 4.48. The molecule has 0 bridgehead atoms. The first kappa shape index (κ1) is 30.8. The second-order valence-corrected chi connectivity index (χ2v) is 11.5. The van der Waals surface area contributed by atoms with Crippen LogP contribution >= 0.6 is 45.2 Å². The number of carboxylic acids is 1. The molecule has 10 heteroatoms. The molecule has 0 aliphatic rings. The van der Waals surface area contributed by atoms with Gasteiger partial charge >= 0.3 is 5.97 Å². The van der Waals surface area contributed by atoms with Gasteiger partial charge in [0.2, 0.25) is 5.78 Å². The standard InChI is InChI=1S/C31H29I2NO7/c1-4-6-7-25-27(29(37)22-15-23(32)20(5-2)28(33)30(22)40-16-26(35)36)21-14-18(10-13-24(21)41-25)34-31(38)17-8-11-19(39-3)12-9-17/h8-15H,4-7,16H2,1-3H3,(H,34,38)(H,35,36). The minimum absolute atomic E-state index is 0.245. The van der Waals surface area contributed by atoms with E-state index in [-0.39, 0.29) is 23.0 Å². The third-order valence-corrected chi connectivity index (χ3v) is 8.67. The number of anilines is 1. The smallest absolute Gasteiger partial charge is 0.341 e. The number of fused-ring (bicyclic) bond motifs is 1. The fraction of sp³-hybridized carbons (Fsp3) is 0.258. The third kappa shape index (κ3) is 6.85. The molecule has 0 aliphatic carbocycles. The molecule has 0 saturated carbocycles. The van der Waals surface area contributed by atoms with Crippen LogP contribution in [-0.2, 0) is 17.6 Å². The Morgan fingerprint density at radius 3 is 2.39 bits per heavy atom. The molecule has 0 fully saturated rings. The van der Waals surface area contributed by atoms with Gasteiger partial charge in [-0.15, -0.1) is 0 Å². The molecule has 4 aromatic rings. The molecule has 0 spiro atoms. The van der Waals surface area contributed by atoms with E-state index in [0.29, 0.717) is 55.7 Å². The van der Waals surface area contributed by atoms with Gasteiger partial charge in [0, 0.05) is 26.6 Å². The molecule has 1 amide bonds. The molecule has 1 heterocycles.